The van der Waals surface area contributed by atoms with Gasteiger partial charge in [0.25, 0.3) is 0 Å². The lowest BCUT2D eigenvalue weighted by Gasteiger charge is -2.23. The van der Waals surface area contributed by atoms with Gasteiger partial charge in [0, 0.05) is 32.8 Å². The van der Waals surface area contributed by atoms with Crippen molar-refractivity contribution in [3.05, 3.63) is 0 Å². The van der Waals surface area contributed by atoms with E-state index in [4.69, 9.17) is 4.74 Å². The van der Waals surface area contributed by atoms with Crippen LogP contribution in [0.5, 0.6) is 0 Å². The van der Waals surface area contributed by atoms with Crippen LogP contribution in [-0.4, -0.2) is 51.3 Å². The molecule has 0 saturated heterocycles. The van der Waals surface area contributed by atoms with Gasteiger partial charge in [0.2, 0.25) is 5.91 Å². The Kier molecular flexibility index (Phi) is 11.4. The summed E-state index contributed by atoms with van der Waals surface area (Å²) in [6, 6.07) is 0.358. The second kappa shape index (κ2) is 12.7. The maximum Gasteiger partial charge on any atom is 0.239 e. The van der Waals surface area contributed by atoms with Crippen LogP contribution >= 0.6 is 24.0 Å². The molecule has 2 fully saturated rings. The third kappa shape index (κ3) is 9.66. The number of nitrogens with one attached hydrogen (secondary N) is 3. The minimum Gasteiger partial charge on any atom is -0.381 e. The quantitative estimate of drug-likeness (QED) is 0.217. The smallest absolute Gasteiger partial charge is 0.239 e. The van der Waals surface area contributed by atoms with Gasteiger partial charge in [0.1, 0.15) is 0 Å². The molecule has 2 rings (SSSR count). The fourth-order valence-electron chi connectivity index (χ4n) is 2.83. The molecule has 1 amide bonds. The van der Waals surface area contributed by atoms with Crippen molar-refractivity contribution in [1.82, 2.24) is 16.0 Å². The molecule has 0 radical (unpaired) electrons. The first kappa shape index (κ1) is 21.5. The summed E-state index contributed by atoms with van der Waals surface area (Å²) in [5.41, 5.74) is 0. The third-order valence-electron chi connectivity index (χ3n) is 4.42. The zero-order valence-electron chi connectivity index (χ0n) is 14.8. The van der Waals surface area contributed by atoms with Gasteiger partial charge < -0.3 is 20.7 Å². The molecule has 0 spiro atoms. The summed E-state index contributed by atoms with van der Waals surface area (Å²) in [7, 11) is 1.72. The number of rotatable bonds is 9. The van der Waals surface area contributed by atoms with Crippen LogP contribution in [0.1, 0.15) is 51.4 Å². The molecular weight excluding hydrogens is 419 g/mol. The second-order valence-corrected chi connectivity index (χ2v) is 6.63. The Morgan fingerprint density at radius 1 is 1.12 bits per heavy atom. The molecule has 7 heteroatoms. The van der Waals surface area contributed by atoms with E-state index < -0.39 is 0 Å². The lowest BCUT2D eigenvalue weighted by molar-refractivity contribution is -0.120. The average Bonchev–Trinajstić information content (AvgIpc) is 3.38. The molecule has 3 N–H and O–H groups in total. The molecule has 2 saturated carbocycles. The first-order valence-electron chi connectivity index (χ1n) is 9.09. The normalized spacial score (nSPS) is 18.6. The number of amides is 1. The first-order valence-corrected chi connectivity index (χ1v) is 9.09. The van der Waals surface area contributed by atoms with Crippen LogP contribution < -0.4 is 16.0 Å². The van der Waals surface area contributed by atoms with E-state index in [1.165, 1.54) is 32.1 Å². The highest BCUT2D eigenvalue weighted by Crippen LogP contribution is 2.28. The average molecular weight is 452 g/mol. The second-order valence-electron chi connectivity index (χ2n) is 6.63. The van der Waals surface area contributed by atoms with E-state index in [1.54, 1.807) is 7.05 Å². The number of hydrogen-bond acceptors (Lipinski definition) is 3. The molecule has 2 aliphatic carbocycles. The van der Waals surface area contributed by atoms with E-state index in [0.29, 0.717) is 12.0 Å². The van der Waals surface area contributed by atoms with E-state index in [2.05, 4.69) is 20.9 Å². The molecule has 0 bridgehead atoms. The number of aliphatic imine (C=N–C) groups is 1. The van der Waals surface area contributed by atoms with Gasteiger partial charge in [-0.3, -0.25) is 9.79 Å². The summed E-state index contributed by atoms with van der Waals surface area (Å²) in [6.07, 6.45) is 9.58. The summed E-state index contributed by atoms with van der Waals surface area (Å²) in [6.45, 7) is 2.76. The van der Waals surface area contributed by atoms with Gasteiger partial charge >= 0.3 is 0 Å². The van der Waals surface area contributed by atoms with Crippen LogP contribution in [-0.2, 0) is 9.53 Å². The van der Waals surface area contributed by atoms with E-state index >= 15 is 0 Å². The Morgan fingerprint density at radius 2 is 1.88 bits per heavy atom. The molecule has 0 aromatic carbocycles. The maximum absolute atomic E-state index is 11.9. The van der Waals surface area contributed by atoms with E-state index in [9.17, 15) is 4.79 Å². The topological polar surface area (TPSA) is 74.8 Å². The van der Waals surface area contributed by atoms with Crippen molar-refractivity contribution >= 4 is 35.8 Å². The monoisotopic (exact) mass is 452 g/mol. The molecule has 0 heterocycles. The minimum atomic E-state index is 0. The highest BCUT2D eigenvalue weighted by molar-refractivity contribution is 14.0. The van der Waals surface area contributed by atoms with Gasteiger partial charge in [-0.1, -0.05) is 19.3 Å². The van der Waals surface area contributed by atoms with Crippen molar-refractivity contribution in [2.45, 2.75) is 57.4 Å². The van der Waals surface area contributed by atoms with Crippen LogP contribution in [0.15, 0.2) is 4.99 Å². The zero-order chi connectivity index (χ0) is 16.3. The molecule has 24 heavy (non-hydrogen) atoms. The van der Waals surface area contributed by atoms with E-state index in [1.807, 2.05) is 0 Å². The van der Waals surface area contributed by atoms with Crippen molar-refractivity contribution < 1.29 is 9.53 Å². The Labute approximate surface area is 163 Å². The maximum atomic E-state index is 11.9. The van der Waals surface area contributed by atoms with Crippen molar-refractivity contribution in [3.63, 3.8) is 0 Å². The van der Waals surface area contributed by atoms with Crippen molar-refractivity contribution in [3.8, 4) is 0 Å². The summed E-state index contributed by atoms with van der Waals surface area (Å²) >= 11 is 0. The molecule has 2 aliphatic rings. The summed E-state index contributed by atoms with van der Waals surface area (Å²) in [5, 5.41) is 9.37. The summed E-state index contributed by atoms with van der Waals surface area (Å²) < 4.78 is 5.59. The fraction of sp³-hybridized carbons (Fsp3) is 0.882. The number of halogens is 1. The third-order valence-corrected chi connectivity index (χ3v) is 4.42. The Hall–Kier alpha value is -0.570. The highest BCUT2D eigenvalue weighted by atomic mass is 127. The van der Waals surface area contributed by atoms with Gasteiger partial charge in [0.15, 0.2) is 5.96 Å². The van der Waals surface area contributed by atoms with Crippen LogP contribution in [0.2, 0.25) is 0 Å². The lowest BCUT2D eigenvalue weighted by atomic mass is 9.95. The van der Waals surface area contributed by atoms with Gasteiger partial charge in [-0.25, -0.2) is 0 Å². The Morgan fingerprint density at radius 3 is 2.54 bits per heavy atom. The van der Waals surface area contributed by atoms with Gasteiger partial charge in [-0.05, 0) is 38.0 Å². The first-order chi connectivity index (χ1) is 11.3. The van der Waals surface area contributed by atoms with Crippen molar-refractivity contribution in [1.29, 1.82) is 0 Å². The molecular formula is C17H33IN4O2. The number of ether oxygens (including phenoxy) is 1. The number of hydrogen-bond donors (Lipinski definition) is 3. The number of guanidine groups is 1. The van der Waals surface area contributed by atoms with Crippen LogP contribution in [0.25, 0.3) is 0 Å². The summed E-state index contributed by atoms with van der Waals surface area (Å²) in [5.74, 6) is 1.54. The Balaban J connectivity index is 0.00000288. The van der Waals surface area contributed by atoms with Crippen molar-refractivity contribution in [2.24, 2.45) is 10.9 Å². The molecule has 0 unspecified atom stereocenters. The van der Waals surface area contributed by atoms with E-state index in [-0.39, 0.29) is 36.4 Å². The fourth-order valence-corrected chi connectivity index (χ4v) is 2.83. The predicted octanol–water partition coefficient (Wildman–Crippen LogP) is 2.03. The highest BCUT2D eigenvalue weighted by Gasteiger charge is 2.20. The van der Waals surface area contributed by atoms with Gasteiger partial charge in [-0.15, -0.1) is 24.0 Å². The minimum absolute atomic E-state index is 0. The van der Waals surface area contributed by atoms with E-state index in [0.717, 1.165) is 44.9 Å². The number of carbonyl (C=O) groups excluding carboxylic acids is 1. The Bertz CT molecular complexity index is 383. The summed E-state index contributed by atoms with van der Waals surface area (Å²) in [4.78, 5) is 16.1. The van der Waals surface area contributed by atoms with Gasteiger partial charge in [0.05, 0.1) is 6.54 Å². The molecule has 0 atom stereocenters. The van der Waals surface area contributed by atoms with Crippen molar-refractivity contribution in [2.75, 3.05) is 33.4 Å². The largest absolute Gasteiger partial charge is 0.381 e. The van der Waals surface area contributed by atoms with Crippen LogP contribution in [0.4, 0.5) is 0 Å². The molecule has 0 aliphatic heterocycles. The van der Waals surface area contributed by atoms with Gasteiger partial charge in [-0.2, -0.15) is 0 Å². The number of carbonyl (C=O) groups is 1. The lowest BCUT2D eigenvalue weighted by Crippen LogP contribution is -2.46. The predicted molar refractivity (Wildman–Crippen MR) is 108 cm³/mol. The van der Waals surface area contributed by atoms with Crippen LogP contribution in [0.3, 0.4) is 0 Å². The molecule has 140 valence electrons. The zero-order valence-corrected chi connectivity index (χ0v) is 17.1. The van der Waals surface area contributed by atoms with Crippen LogP contribution in [0, 0.1) is 5.92 Å². The standard InChI is InChI=1S/C17H32N4O2.HI/c1-18-17(19-10-5-11-23-13-14-8-9-14)20-12-16(22)21-15-6-3-2-4-7-15;/h14-15H,2-13H2,1H3,(H,21,22)(H2,18,19,20);1H. The molecule has 0 aromatic heterocycles. The molecule has 6 nitrogen and oxygen atoms in total. The molecule has 0 aromatic rings. The SMILES string of the molecule is CN=C(NCCCOCC1CC1)NCC(=O)NC1CCCCC1.I. The number of nitrogens with zero attached hydrogens (tertiary/aromatic N) is 1.